The van der Waals surface area contributed by atoms with Crippen molar-refractivity contribution in [3.8, 4) is 16.6 Å². The summed E-state index contributed by atoms with van der Waals surface area (Å²) in [6, 6.07) is 3.88. The zero-order valence-electron chi connectivity index (χ0n) is 11.0. The zero-order chi connectivity index (χ0) is 15.4. The molecule has 8 heteroatoms. The number of hydrogen-bond donors (Lipinski definition) is 1. The molecule has 1 amide bonds. The molecule has 0 bridgehead atoms. The van der Waals surface area contributed by atoms with Crippen LogP contribution in [0.15, 0.2) is 39.4 Å². The van der Waals surface area contributed by atoms with Crippen molar-refractivity contribution in [2.45, 2.75) is 0 Å². The molecule has 0 atom stereocenters. The first kappa shape index (κ1) is 14.6. The third-order valence-corrected chi connectivity index (χ3v) is 4.88. The lowest BCUT2D eigenvalue weighted by molar-refractivity contribution is -0.112. The van der Waals surface area contributed by atoms with Crippen LogP contribution in [0.2, 0.25) is 0 Å². The summed E-state index contributed by atoms with van der Waals surface area (Å²) in [6.07, 6.45) is 3.07. The standard InChI is InChI=1S/C14H8N4OS3/c15-6-10(12(19)18-14-16-2-4-21-14)5-11-8-22-13(17-11)9-1-3-20-7-9/h1-5,7-8H,(H,16,18,19)/b10-5-. The summed E-state index contributed by atoms with van der Waals surface area (Å²) in [4.78, 5) is 20.4. The maximum atomic E-state index is 12.0. The van der Waals surface area contributed by atoms with Crippen molar-refractivity contribution in [2.24, 2.45) is 0 Å². The van der Waals surface area contributed by atoms with E-state index in [0.717, 1.165) is 10.6 Å². The molecule has 3 aromatic rings. The number of carbonyl (C=O) groups excluding carboxylic acids is 1. The lowest BCUT2D eigenvalue weighted by Crippen LogP contribution is -2.13. The van der Waals surface area contributed by atoms with Gasteiger partial charge in [0.15, 0.2) is 5.13 Å². The van der Waals surface area contributed by atoms with E-state index < -0.39 is 5.91 Å². The Bertz CT molecular complexity index is 841. The second kappa shape index (κ2) is 6.62. The van der Waals surface area contributed by atoms with E-state index in [4.69, 9.17) is 5.26 Å². The molecule has 0 fully saturated rings. The molecular weight excluding hydrogens is 336 g/mol. The van der Waals surface area contributed by atoms with Crippen LogP contribution in [0.1, 0.15) is 5.69 Å². The number of anilines is 1. The monoisotopic (exact) mass is 344 g/mol. The fourth-order valence-electron chi connectivity index (χ4n) is 1.62. The number of rotatable bonds is 4. The predicted molar refractivity (Wildman–Crippen MR) is 89.8 cm³/mol. The fraction of sp³-hybridized carbons (Fsp3) is 0. The lowest BCUT2D eigenvalue weighted by Gasteiger charge is -1.98. The molecule has 5 nitrogen and oxygen atoms in total. The first-order valence-corrected chi connectivity index (χ1v) is 8.77. The van der Waals surface area contributed by atoms with Gasteiger partial charge >= 0.3 is 0 Å². The van der Waals surface area contributed by atoms with Crippen LogP contribution in [0.25, 0.3) is 16.6 Å². The Balaban J connectivity index is 1.80. The van der Waals surface area contributed by atoms with Crippen LogP contribution in [0.5, 0.6) is 0 Å². The first-order chi connectivity index (χ1) is 10.8. The number of thiazole rings is 2. The van der Waals surface area contributed by atoms with Crippen LogP contribution in [-0.4, -0.2) is 15.9 Å². The average Bonchev–Trinajstić information content (AvgIpc) is 3.25. The van der Waals surface area contributed by atoms with Gasteiger partial charge in [-0.15, -0.1) is 22.7 Å². The molecule has 1 N–H and O–H groups in total. The molecule has 0 spiro atoms. The average molecular weight is 344 g/mol. The van der Waals surface area contributed by atoms with E-state index in [0.29, 0.717) is 10.8 Å². The van der Waals surface area contributed by atoms with Gasteiger partial charge in [-0.1, -0.05) is 0 Å². The Morgan fingerprint density at radius 1 is 1.32 bits per heavy atom. The second-order valence-electron chi connectivity index (χ2n) is 4.05. The molecule has 3 aromatic heterocycles. The summed E-state index contributed by atoms with van der Waals surface area (Å²) < 4.78 is 0. The highest BCUT2D eigenvalue weighted by Gasteiger charge is 2.12. The molecule has 108 valence electrons. The van der Waals surface area contributed by atoms with Crippen LogP contribution >= 0.6 is 34.0 Å². The summed E-state index contributed by atoms with van der Waals surface area (Å²) in [5, 5.41) is 20.6. The molecule has 0 radical (unpaired) electrons. The quantitative estimate of drug-likeness (QED) is 0.575. The Kier molecular flexibility index (Phi) is 4.39. The zero-order valence-corrected chi connectivity index (χ0v) is 13.5. The third-order valence-electron chi connectivity index (χ3n) is 2.60. The predicted octanol–water partition coefficient (Wildman–Crippen LogP) is 3.87. The molecule has 0 saturated heterocycles. The van der Waals surface area contributed by atoms with Crippen LogP contribution in [0, 0.1) is 11.3 Å². The Morgan fingerprint density at radius 3 is 2.91 bits per heavy atom. The topological polar surface area (TPSA) is 78.7 Å². The van der Waals surface area contributed by atoms with Crippen molar-refractivity contribution in [1.82, 2.24) is 9.97 Å². The highest BCUT2D eigenvalue weighted by molar-refractivity contribution is 7.14. The van der Waals surface area contributed by atoms with Gasteiger partial charge in [0.25, 0.3) is 5.91 Å². The highest BCUT2D eigenvalue weighted by atomic mass is 32.1. The van der Waals surface area contributed by atoms with Crippen molar-refractivity contribution in [3.63, 3.8) is 0 Å². The molecule has 3 rings (SSSR count). The number of nitrogens with one attached hydrogen (secondary N) is 1. The van der Waals surface area contributed by atoms with Gasteiger partial charge < -0.3 is 0 Å². The molecule has 0 aliphatic heterocycles. The minimum absolute atomic E-state index is 0.00244. The number of carbonyl (C=O) groups is 1. The minimum Gasteiger partial charge on any atom is -0.297 e. The number of nitrogens with zero attached hydrogens (tertiary/aromatic N) is 3. The summed E-state index contributed by atoms with van der Waals surface area (Å²) >= 11 is 4.37. The Labute approximate surface area is 138 Å². The maximum absolute atomic E-state index is 12.0. The van der Waals surface area contributed by atoms with Gasteiger partial charge in [0.05, 0.1) is 5.69 Å². The molecule has 0 unspecified atom stereocenters. The molecule has 0 aromatic carbocycles. The van der Waals surface area contributed by atoms with Gasteiger partial charge in [-0.25, -0.2) is 9.97 Å². The fourth-order valence-corrected chi connectivity index (χ4v) is 3.63. The largest absolute Gasteiger partial charge is 0.297 e. The normalized spacial score (nSPS) is 11.1. The molecule has 3 heterocycles. The summed E-state index contributed by atoms with van der Waals surface area (Å²) in [5.74, 6) is -0.484. The van der Waals surface area contributed by atoms with Crippen molar-refractivity contribution >= 4 is 51.1 Å². The van der Waals surface area contributed by atoms with E-state index >= 15 is 0 Å². The van der Waals surface area contributed by atoms with E-state index in [1.807, 2.05) is 28.3 Å². The Hall–Kier alpha value is -2.34. The second-order valence-corrected chi connectivity index (χ2v) is 6.58. The third kappa shape index (κ3) is 3.28. The van der Waals surface area contributed by atoms with Crippen molar-refractivity contribution in [2.75, 3.05) is 5.32 Å². The number of aromatic nitrogens is 2. The molecule has 0 aliphatic rings. The number of nitriles is 1. The van der Waals surface area contributed by atoms with E-state index in [2.05, 4.69) is 15.3 Å². The van der Waals surface area contributed by atoms with Gasteiger partial charge in [0.2, 0.25) is 0 Å². The SMILES string of the molecule is N#C/C(=C/c1csc(-c2ccsc2)n1)C(=O)Nc1nccs1. The van der Waals surface area contributed by atoms with Crippen molar-refractivity contribution in [3.05, 3.63) is 45.1 Å². The molecule has 22 heavy (non-hydrogen) atoms. The minimum atomic E-state index is -0.484. The van der Waals surface area contributed by atoms with Gasteiger partial charge in [-0.3, -0.25) is 10.1 Å². The highest BCUT2D eigenvalue weighted by Crippen LogP contribution is 2.26. The Morgan fingerprint density at radius 2 is 2.23 bits per heavy atom. The van der Waals surface area contributed by atoms with Crippen LogP contribution < -0.4 is 5.32 Å². The molecule has 0 saturated carbocycles. The van der Waals surface area contributed by atoms with Crippen LogP contribution in [0.3, 0.4) is 0 Å². The van der Waals surface area contributed by atoms with E-state index in [-0.39, 0.29) is 5.57 Å². The lowest BCUT2D eigenvalue weighted by atomic mass is 10.2. The van der Waals surface area contributed by atoms with Crippen molar-refractivity contribution < 1.29 is 4.79 Å². The van der Waals surface area contributed by atoms with Crippen LogP contribution in [-0.2, 0) is 4.79 Å². The maximum Gasteiger partial charge on any atom is 0.268 e. The summed E-state index contributed by atoms with van der Waals surface area (Å²) in [6.45, 7) is 0. The number of hydrogen-bond acceptors (Lipinski definition) is 7. The first-order valence-electron chi connectivity index (χ1n) is 6.07. The van der Waals surface area contributed by atoms with Gasteiger partial charge in [0.1, 0.15) is 16.6 Å². The summed E-state index contributed by atoms with van der Waals surface area (Å²) in [5.41, 5.74) is 1.63. The van der Waals surface area contributed by atoms with Crippen molar-refractivity contribution in [1.29, 1.82) is 5.26 Å². The summed E-state index contributed by atoms with van der Waals surface area (Å²) in [7, 11) is 0. The van der Waals surface area contributed by atoms with E-state index in [9.17, 15) is 4.79 Å². The van der Waals surface area contributed by atoms with Crippen LogP contribution in [0.4, 0.5) is 5.13 Å². The van der Waals surface area contributed by atoms with E-state index in [1.54, 1.807) is 22.9 Å². The number of amides is 1. The molecular formula is C14H8N4OS3. The van der Waals surface area contributed by atoms with E-state index in [1.165, 1.54) is 28.7 Å². The molecule has 0 aliphatic carbocycles. The van der Waals surface area contributed by atoms with Gasteiger partial charge in [-0.2, -0.15) is 16.6 Å². The smallest absolute Gasteiger partial charge is 0.268 e. The van der Waals surface area contributed by atoms with Gasteiger partial charge in [-0.05, 0) is 17.5 Å². The van der Waals surface area contributed by atoms with Gasteiger partial charge in [0, 0.05) is 27.9 Å². The number of thiophene rings is 1.